The summed E-state index contributed by atoms with van der Waals surface area (Å²) in [6.07, 6.45) is 0. The molecule has 1 aromatic carbocycles. The predicted molar refractivity (Wildman–Crippen MR) is 68.7 cm³/mol. The number of nitrogens with two attached hydrogens (primary N) is 1. The lowest BCUT2D eigenvalue weighted by atomic mass is 10.2. The number of aliphatic hydroxyl groups excluding tert-OH is 1. The maximum Gasteiger partial charge on any atom is 0.258 e. The highest BCUT2D eigenvalue weighted by molar-refractivity contribution is 7.90. The molecule has 0 fully saturated rings. The Balaban J connectivity index is 2.20. The van der Waals surface area contributed by atoms with E-state index in [9.17, 15) is 8.42 Å². The van der Waals surface area contributed by atoms with Crippen molar-refractivity contribution in [1.82, 2.24) is 10.1 Å². The number of nitrogen functional groups attached to an aromatic ring is 1. The van der Waals surface area contributed by atoms with Gasteiger partial charge in [0.1, 0.15) is 5.75 Å². The Hall–Kier alpha value is -1.93. The molecule has 0 saturated carbocycles. The van der Waals surface area contributed by atoms with Gasteiger partial charge in [-0.05, 0) is 18.2 Å². The molecule has 0 amide bonds. The second-order valence-electron chi connectivity index (χ2n) is 3.96. The lowest BCUT2D eigenvalue weighted by molar-refractivity contribution is 0.319. The van der Waals surface area contributed by atoms with E-state index >= 15 is 0 Å². The largest absolute Gasteiger partial charge is 0.399 e. The number of anilines is 1. The van der Waals surface area contributed by atoms with Crippen molar-refractivity contribution in [2.45, 2.75) is 5.75 Å². The molecule has 0 radical (unpaired) electrons. The molecule has 0 aliphatic carbocycles. The standard InChI is InChI=1S/C11H13N3O4S/c12-9-3-1-2-8(6-9)11-13-10(14-18-11)7-19(16,17)5-4-15/h1-3,6,15H,4-5,7,12H2. The van der Waals surface area contributed by atoms with Gasteiger partial charge < -0.3 is 15.4 Å². The Kier molecular flexibility index (Phi) is 3.82. The molecule has 2 aromatic rings. The molecule has 102 valence electrons. The maximum absolute atomic E-state index is 11.5. The highest BCUT2D eigenvalue weighted by Crippen LogP contribution is 2.19. The summed E-state index contributed by atoms with van der Waals surface area (Å²) in [7, 11) is -3.42. The lowest BCUT2D eigenvalue weighted by Gasteiger charge is -1.97. The molecule has 0 aliphatic rings. The van der Waals surface area contributed by atoms with Crippen molar-refractivity contribution in [3.8, 4) is 11.5 Å². The number of hydrogen-bond acceptors (Lipinski definition) is 7. The zero-order chi connectivity index (χ0) is 13.9. The van der Waals surface area contributed by atoms with Gasteiger partial charge in [0.25, 0.3) is 5.89 Å². The first kappa shape index (κ1) is 13.5. The molecule has 19 heavy (non-hydrogen) atoms. The molecule has 3 N–H and O–H groups in total. The summed E-state index contributed by atoms with van der Waals surface area (Å²) in [5.74, 6) is -0.415. The van der Waals surface area contributed by atoms with Crippen LogP contribution in [0.2, 0.25) is 0 Å². The summed E-state index contributed by atoms with van der Waals surface area (Å²) in [6.45, 7) is -0.428. The summed E-state index contributed by atoms with van der Waals surface area (Å²) >= 11 is 0. The Bertz CT molecular complexity index is 666. The summed E-state index contributed by atoms with van der Waals surface area (Å²) in [5, 5.41) is 12.2. The highest BCUT2D eigenvalue weighted by atomic mass is 32.2. The summed E-state index contributed by atoms with van der Waals surface area (Å²) in [6, 6.07) is 6.83. The normalized spacial score (nSPS) is 11.6. The molecule has 8 heteroatoms. The molecule has 0 spiro atoms. The van der Waals surface area contributed by atoms with Gasteiger partial charge in [0.2, 0.25) is 0 Å². The Morgan fingerprint density at radius 2 is 2.16 bits per heavy atom. The average Bonchev–Trinajstić information content (AvgIpc) is 2.76. The van der Waals surface area contributed by atoms with E-state index < -0.39 is 16.4 Å². The molecule has 0 bridgehead atoms. The van der Waals surface area contributed by atoms with Crippen molar-refractivity contribution < 1.29 is 18.0 Å². The Labute approximate surface area is 110 Å². The fourth-order valence-electron chi connectivity index (χ4n) is 1.51. The topological polar surface area (TPSA) is 119 Å². The van der Waals surface area contributed by atoms with Gasteiger partial charge in [-0.2, -0.15) is 4.98 Å². The number of aromatic nitrogens is 2. The third kappa shape index (κ3) is 3.52. The van der Waals surface area contributed by atoms with Crippen LogP contribution in [0, 0.1) is 0 Å². The van der Waals surface area contributed by atoms with E-state index in [1.807, 2.05) is 0 Å². The minimum Gasteiger partial charge on any atom is -0.399 e. The first-order valence-electron chi connectivity index (χ1n) is 5.50. The van der Waals surface area contributed by atoms with Crippen LogP contribution in [0.3, 0.4) is 0 Å². The van der Waals surface area contributed by atoms with E-state index in [0.29, 0.717) is 11.3 Å². The first-order valence-corrected chi connectivity index (χ1v) is 7.32. The summed E-state index contributed by atoms with van der Waals surface area (Å²) < 4.78 is 28.0. The molecule has 7 nitrogen and oxygen atoms in total. The third-order valence-electron chi connectivity index (χ3n) is 2.35. The van der Waals surface area contributed by atoms with Gasteiger partial charge in [0, 0.05) is 11.3 Å². The second-order valence-corrected chi connectivity index (χ2v) is 6.14. The van der Waals surface area contributed by atoms with Crippen molar-refractivity contribution in [3.05, 3.63) is 30.1 Å². The third-order valence-corrected chi connectivity index (χ3v) is 3.86. The monoisotopic (exact) mass is 283 g/mol. The van der Waals surface area contributed by atoms with Crippen LogP contribution in [0.25, 0.3) is 11.5 Å². The average molecular weight is 283 g/mol. The zero-order valence-electron chi connectivity index (χ0n) is 9.98. The van der Waals surface area contributed by atoms with E-state index in [1.54, 1.807) is 24.3 Å². The molecule has 0 atom stereocenters. The van der Waals surface area contributed by atoms with Gasteiger partial charge in [-0.15, -0.1) is 0 Å². The quantitative estimate of drug-likeness (QED) is 0.753. The van der Waals surface area contributed by atoms with Crippen LogP contribution < -0.4 is 5.73 Å². The predicted octanol–water partition coefficient (Wildman–Crippen LogP) is 0.226. The molecule has 1 heterocycles. The van der Waals surface area contributed by atoms with Crippen molar-refractivity contribution in [3.63, 3.8) is 0 Å². The van der Waals surface area contributed by atoms with Crippen LogP contribution in [-0.4, -0.2) is 36.0 Å². The summed E-state index contributed by atoms with van der Waals surface area (Å²) in [5.41, 5.74) is 6.80. The van der Waals surface area contributed by atoms with Gasteiger partial charge in [-0.1, -0.05) is 11.2 Å². The molecule has 0 saturated heterocycles. The fourth-order valence-corrected chi connectivity index (χ4v) is 2.44. The minimum absolute atomic E-state index is 0.0610. The Morgan fingerprint density at radius 3 is 2.84 bits per heavy atom. The van der Waals surface area contributed by atoms with E-state index in [0.717, 1.165) is 0 Å². The van der Waals surface area contributed by atoms with Crippen molar-refractivity contribution >= 4 is 15.5 Å². The van der Waals surface area contributed by atoms with E-state index in [-0.39, 0.29) is 23.2 Å². The number of rotatable bonds is 5. The van der Waals surface area contributed by atoms with Gasteiger partial charge in [0.05, 0.1) is 12.4 Å². The SMILES string of the molecule is Nc1cccc(-c2nc(CS(=O)(=O)CCO)no2)c1. The van der Waals surface area contributed by atoms with Crippen LogP contribution in [0.5, 0.6) is 0 Å². The van der Waals surface area contributed by atoms with E-state index in [2.05, 4.69) is 10.1 Å². The van der Waals surface area contributed by atoms with Crippen LogP contribution in [-0.2, 0) is 15.6 Å². The Morgan fingerprint density at radius 1 is 1.37 bits per heavy atom. The molecular formula is C11H13N3O4S. The second kappa shape index (κ2) is 5.37. The first-order chi connectivity index (χ1) is 9.00. The minimum atomic E-state index is -3.42. The smallest absolute Gasteiger partial charge is 0.258 e. The number of aliphatic hydroxyl groups is 1. The molecule has 2 rings (SSSR count). The van der Waals surface area contributed by atoms with Gasteiger partial charge >= 0.3 is 0 Å². The number of nitrogens with zero attached hydrogens (tertiary/aromatic N) is 2. The lowest BCUT2D eigenvalue weighted by Crippen LogP contribution is -2.13. The molecular weight excluding hydrogens is 270 g/mol. The summed E-state index contributed by atoms with van der Waals surface area (Å²) in [4.78, 5) is 3.99. The highest BCUT2D eigenvalue weighted by Gasteiger charge is 2.17. The number of hydrogen-bond donors (Lipinski definition) is 2. The number of benzene rings is 1. The van der Waals surface area contributed by atoms with Crippen LogP contribution in [0.1, 0.15) is 5.82 Å². The van der Waals surface area contributed by atoms with Gasteiger partial charge in [-0.3, -0.25) is 0 Å². The zero-order valence-corrected chi connectivity index (χ0v) is 10.8. The molecule has 0 aliphatic heterocycles. The fraction of sp³-hybridized carbons (Fsp3) is 0.273. The molecule has 1 aromatic heterocycles. The van der Waals surface area contributed by atoms with Crippen molar-refractivity contribution in [2.75, 3.05) is 18.1 Å². The van der Waals surface area contributed by atoms with Gasteiger partial charge in [-0.25, -0.2) is 8.42 Å². The van der Waals surface area contributed by atoms with Crippen LogP contribution in [0.4, 0.5) is 5.69 Å². The number of sulfone groups is 1. The maximum atomic E-state index is 11.5. The van der Waals surface area contributed by atoms with E-state index in [4.69, 9.17) is 15.4 Å². The van der Waals surface area contributed by atoms with Crippen molar-refractivity contribution in [2.24, 2.45) is 0 Å². The molecule has 0 unspecified atom stereocenters. The van der Waals surface area contributed by atoms with E-state index in [1.165, 1.54) is 0 Å². The van der Waals surface area contributed by atoms with Crippen LogP contribution in [0.15, 0.2) is 28.8 Å². The van der Waals surface area contributed by atoms with Crippen LogP contribution >= 0.6 is 0 Å². The van der Waals surface area contributed by atoms with Crippen molar-refractivity contribution in [1.29, 1.82) is 0 Å². The van der Waals surface area contributed by atoms with Gasteiger partial charge in [0.15, 0.2) is 15.7 Å².